The lowest BCUT2D eigenvalue weighted by Crippen LogP contribution is -2.51. The van der Waals surface area contributed by atoms with E-state index in [0.29, 0.717) is 12.8 Å². The van der Waals surface area contributed by atoms with Crippen LogP contribution in [0.15, 0.2) is 30.3 Å². The van der Waals surface area contributed by atoms with Gasteiger partial charge < -0.3 is 20.1 Å². The van der Waals surface area contributed by atoms with E-state index in [9.17, 15) is 14.7 Å². The molecule has 2 N–H and O–H groups in total. The SMILES string of the molecule is O=C(N[C@H](C(=O)N1CCCC1)[C@@H]1CC[C@H](O)C1)OCc1ccccc1. The van der Waals surface area contributed by atoms with Crippen molar-refractivity contribution in [2.24, 2.45) is 5.92 Å². The van der Waals surface area contributed by atoms with Gasteiger partial charge in [0, 0.05) is 13.1 Å². The molecule has 1 aliphatic carbocycles. The summed E-state index contributed by atoms with van der Waals surface area (Å²) in [6.45, 7) is 1.65. The zero-order valence-electron chi connectivity index (χ0n) is 14.4. The maximum Gasteiger partial charge on any atom is 0.408 e. The van der Waals surface area contributed by atoms with Crippen molar-refractivity contribution < 1.29 is 19.4 Å². The molecule has 1 aromatic carbocycles. The molecule has 1 heterocycles. The van der Waals surface area contributed by atoms with Gasteiger partial charge in [-0.1, -0.05) is 30.3 Å². The molecule has 0 spiro atoms. The van der Waals surface area contributed by atoms with Gasteiger partial charge in [0.15, 0.2) is 0 Å². The fourth-order valence-electron chi connectivity index (χ4n) is 3.70. The van der Waals surface area contributed by atoms with Crippen molar-refractivity contribution in [2.75, 3.05) is 13.1 Å². The Morgan fingerprint density at radius 2 is 1.92 bits per heavy atom. The van der Waals surface area contributed by atoms with E-state index in [1.165, 1.54) is 0 Å². The van der Waals surface area contributed by atoms with Crippen LogP contribution in [0.1, 0.15) is 37.7 Å². The lowest BCUT2D eigenvalue weighted by Gasteiger charge is -2.28. The number of hydrogen-bond acceptors (Lipinski definition) is 4. The number of nitrogens with zero attached hydrogens (tertiary/aromatic N) is 1. The number of nitrogens with one attached hydrogen (secondary N) is 1. The van der Waals surface area contributed by atoms with Crippen LogP contribution in [0.3, 0.4) is 0 Å². The zero-order valence-corrected chi connectivity index (χ0v) is 14.4. The van der Waals surface area contributed by atoms with Crippen LogP contribution in [0, 0.1) is 5.92 Å². The maximum absolute atomic E-state index is 12.8. The van der Waals surface area contributed by atoms with Gasteiger partial charge >= 0.3 is 6.09 Å². The van der Waals surface area contributed by atoms with Crippen molar-refractivity contribution in [3.05, 3.63) is 35.9 Å². The molecule has 1 aliphatic heterocycles. The summed E-state index contributed by atoms with van der Waals surface area (Å²) in [7, 11) is 0. The summed E-state index contributed by atoms with van der Waals surface area (Å²) in [6, 6.07) is 8.83. The highest BCUT2D eigenvalue weighted by atomic mass is 16.5. The first-order valence-electron chi connectivity index (χ1n) is 9.07. The highest BCUT2D eigenvalue weighted by Crippen LogP contribution is 2.29. The molecule has 0 radical (unpaired) electrons. The summed E-state index contributed by atoms with van der Waals surface area (Å²) in [4.78, 5) is 26.9. The molecule has 6 heteroatoms. The largest absolute Gasteiger partial charge is 0.445 e. The molecule has 0 unspecified atom stereocenters. The highest BCUT2D eigenvalue weighted by molar-refractivity contribution is 5.86. The van der Waals surface area contributed by atoms with Gasteiger partial charge in [0.05, 0.1) is 6.10 Å². The third-order valence-electron chi connectivity index (χ3n) is 5.09. The molecule has 0 bridgehead atoms. The number of hydrogen-bond donors (Lipinski definition) is 2. The minimum absolute atomic E-state index is 0.0348. The molecular formula is C19H26N2O4. The van der Waals surface area contributed by atoms with Crippen LogP contribution in [0.4, 0.5) is 4.79 Å². The number of carbonyl (C=O) groups excluding carboxylic acids is 2. The molecule has 2 aliphatic rings. The van der Waals surface area contributed by atoms with E-state index in [0.717, 1.165) is 37.9 Å². The van der Waals surface area contributed by atoms with Gasteiger partial charge in [0.25, 0.3) is 0 Å². The summed E-state index contributed by atoms with van der Waals surface area (Å²) in [5.41, 5.74) is 0.899. The predicted molar refractivity (Wildman–Crippen MR) is 92.7 cm³/mol. The topological polar surface area (TPSA) is 78.9 Å². The molecule has 2 amide bonds. The Kier molecular flexibility index (Phi) is 5.91. The monoisotopic (exact) mass is 346 g/mol. The van der Waals surface area contributed by atoms with Gasteiger partial charge in [0.2, 0.25) is 5.91 Å². The Morgan fingerprint density at radius 3 is 2.56 bits per heavy atom. The minimum atomic E-state index is -0.612. The van der Waals surface area contributed by atoms with Crippen LogP contribution in [0.5, 0.6) is 0 Å². The molecule has 6 nitrogen and oxygen atoms in total. The van der Waals surface area contributed by atoms with Crippen molar-refractivity contribution in [2.45, 2.75) is 50.9 Å². The summed E-state index contributed by atoms with van der Waals surface area (Å²) in [5.74, 6) is -0.0827. The molecule has 1 aromatic rings. The normalized spacial score (nSPS) is 24.1. The molecule has 2 fully saturated rings. The van der Waals surface area contributed by atoms with Gasteiger partial charge in [-0.15, -0.1) is 0 Å². The first-order valence-corrected chi connectivity index (χ1v) is 9.07. The van der Waals surface area contributed by atoms with Crippen molar-refractivity contribution in [3.8, 4) is 0 Å². The Labute approximate surface area is 148 Å². The number of aliphatic hydroxyl groups excluding tert-OH is 1. The van der Waals surface area contributed by atoms with E-state index in [4.69, 9.17) is 4.74 Å². The first-order chi connectivity index (χ1) is 12.1. The Bertz CT molecular complexity index is 586. The fraction of sp³-hybridized carbons (Fsp3) is 0.579. The standard InChI is InChI=1S/C19H26N2O4/c22-16-9-8-15(12-16)17(18(23)21-10-4-5-11-21)20-19(24)25-13-14-6-2-1-3-7-14/h1-3,6-7,15-17,22H,4-5,8-13H2,(H,20,24)/t15-,16+,17+/m1/s1. The quantitative estimate of drug-likeness (QED) is 0.855. The van der Waals surface area contributed by atoms with Gasteiger partial charge in [-0.05, 0) is 43.6 Å². The maximum atomic E-state index is 12.8. The van der Waals surface area contributed by atoms with Crippen molar-refractivity contribution in [1.82, 2.24) is 10.2 Å². The van der Waals surface area contributed by atoms with Crippen LogP contribution in [0.25, 0.3) is 0 Å². The van der Waals surface area contributed by atoms with Crippen LogP contribution in [0.2, 0.25) is 0 Å². The second-order valence-corrected chi connectivity index (χ2v) is 6.94. The first kappa shape index (κ1) is 17.7. The number of alkyl carbamates (subject to hydrolysis) is 1. The zero-order chi connectivity index (χ0) is 17.6. The Balaban J connectivity index is 1.60. The van der Waals surface area contributed by atoms with Crippen LogP contribution in [-0.2, 0) is 16.1 Å². The lowest BCUT2D eigenvalue weighted by molar-refractivity contribution is -0.133. The van der Waals surface area contributed by atoms with Crippen LogP contribution >= 0.6 is 0 Å². The fourth-order valence-corrected chi connectivity index (χ4v) is 3.70. The number of likely N-dealkylation sites (tertiary alicyclic amines) is 1. The Hall–Kier alpha value is -2.08. The molecule has 0 aromatic heterocycles. The van der Waals surface area contributed by atoms with Crippen molar-refractivity contribution in [3.63, 3.8) is 0 Å². The number of ether oxygens (including phenoxy) is 1. The molecule has 1 saturated carbocycles. The second kappa shape index (κ2) is 8.34. The van der Waals surface area contributed by atoms with Gasteiger partial charge in [-0.25, -0.2) is 4.79 Å². The number of rotatable bonds is 5. The number of carbonyl (C=O) groups is 2. The van der Waals surface area contributed by atoms with E-state index in [1.807, 2.05) is 35.2 Å². The predicted octanol–water partition coefficient (Wildman–Crippen LogP) is 2.06. The van der Waals surface area contributed by atoms with Crippen LogP contribution in [-0.4, -0.2) is 47.2 Å². The van der Waals surface area contributed by atoms with E-state index < -0.39 is 12.1 Å². The number of benzene rings is 1. The number of amides is 2. The van der Waals surface area contributed by atoms with E-state index in [2.05, 4.69) is 5.32 Å². The Morgan fingerprint density at radius 1 is 1.20 bits per heavy atom. The molecular weight excluding hydrogens is 320 g/mol. The third kappa shape index (κ3) is 4.72. The van der Waals surface area contributed by atoms with E-state index in [-0.39, 0.29) is 24.5 Å². The van der Waals surface area contributed by atoms with E-state index in [1.54, 1.807) is 0 Å². The lowest BCUT2D eigenvalue weighted by atomic mass is 9.97. The second-order valence-electron chi connectivity index (χ2n) is 6.94. The number of aliphatic hydroxyl groups is 1. The van der Waals surface area contributed by atoms with Gasteiger partial charge in [-0.3, -0.25) is 4.79 Å². The highest BCUT2D eigenvalue weighted by Gasteiger charge is 2.38. The van der Waals surface area contributed by atoms with Crippen molar-refractivity contribution >= 4 is 12.0 Å². The van der Waals surface area contributed by atoms with Crippen molar-refractivity contribution in [1.29, 1.82) is 0 Å². The smallest absolute Gasteiger partial charge is 0.408 e. The molecule has 3 atom stereocenters. The molecule has 1 saturated heterocycles. The average Bonchev–Trinajstić information content (AvgIpc) is 3.30. The summed E-state index contributed by atoms with van der Waals surface area (Å²) < 4.78 is 5.27. The summed E-state index contributed by atoms with van der Waals surface area (Å²) in [5, 5.41) is 12.6. The molecule has 25 heavy (non-hydrogen) atoms. The summed E-state index contributed by atoms with van der Waals surface area (Å²) in [6.07, 6.45) is 3.00. The van der Waals surface area contributed by atoms with Gasteiger partial charge in [0.1, 0.15) is 12.6 Å². The van der Waals surface area contributed by atoms with Gasteiger partial charge in [-0.2, -0.15) is 0 Å². The third-order valence-corrected chi connectivity index (χ3v) is 5.09. The average molecular weight is 346 g/mol. The minimum Gasteiger partial charge on any atom is -0.445 e. The van der Waals surface area contributed by atoms with Crippen LogP contribution < -0.4 is 5.32 Å². The molecule has 3 rings (SSSR count). The summed E-state index contributed by atoms with van der Waals surface area (Å²) >= 11 is 0. The molecule has 136 valence electrons. The van der Waals surface area contributed by atoms with E-state index >= 15 is 0 Å².